The van der Waals surface area contributed by atoms with Crippen LogP contribution >= 0.6 is 0 Å². The summed E-state index contributed by atoms with van der Waals surface area (Å²) in [5.74, 6) is 0.245. The number of amides is 1. The minimum atomic E-state index is -3.99. The van der Waals surface area contributed by atoms with E-state index in [9.17, 15) is 13.2 Å². The largest absolute Gasteiger partial charge is 0.497 e. The van der Waals surface area contributed by atoms with E-state index in [2.05, 4.69) is 15.5 Å². The molecule has 0 atom stereocenters. The van der Waals surface area contributed by atoms with E-state index >= 15 is 0 Å². The van der Waals surface area contributed by atoms with E-state index in [-0.39, 0.29) is 29.5 Å². The van der Waals surface area contributed by atoms with Gasteiger partial charge in [-0.3, -0.25) is 14.2 Å². The van der Waals surface area contributed by atoms with Gasteiger partial charge in [-0.1, -0.05) is 36.4 Å². The maximum atomic E-state index is 13.8. The Balaban J connectivity index is 1.65. The quantitative estimate of drug-likeness (QED) is 0.383. The molecule has 0 radical (unpaired) electrons. The first-order valence-electron chi connectivity index (χ1n) is 10.5. The first-order valence-corrected chi connectivity index (χ1v) is 12.0. The second-order valence-corrected chi connectivity index (χ2v) is 9.37. The maximum absolute atomic E-state index is 13.8. The Morgan fingerprint density at radius 2 is 1.76 bits per heavy atom. The van der Waals surface area contributed by atoms with Crippen LogP contribution in [0.3, 0.4) is 0 Å². The molecule has 0 saturated heterocycles. The lowest BCUT2D eigenvalue weighted by atomic mass is 10.2. The molecule has 1 amide bonds. The number of nitrogens with one attached hydrogen (secondary N) is 2. The Labute approximate surface area is 198 Å². The number of benzene rings is 3. The summed E-state index contributed by atoms with van der Waals surface area (Å²) in [4.78, 5) is 12.7. The van der Waals surface area contributed by atoms with Crippen LogP contribution in [0.4, 0.5) is 5.69 Å². The van der Waals surface area contributed by atoms with Gasteiger partial charge in [-0.25, -0.2) is 8.42 Å². The number of rotatable bonds is 9. The molecule has 8 nitrogen and oxygen atoms in total. The van der Waals surface area contributed by atoms with Gasteiger partial charge in [-0.15, -0.1) is 0 Å². The number of carbonyl (C=O) groups excluding carboxylic acids is 1. The van der Waals surface area contributed by atoms with E-state index < -0.39 is 10.0 Å². The summed E-state index contributed by atoms with van der Waals surface area (Å²) in [7, 11) is -2.44. The molecule has 174 valence electrons. The molecular formula is C25H24N4O4S. The molecule has 0 aliphatic rings. The summed E-state index contributed by atoms with van der Waals surface area (Å²) in [6.07, 6.45) is 3.29. The van der Waals surface area contributed by atoms with Gasteiger partial charge in [-0.2, -0.15) is 5.10 Å². The Bertz CT molecular complexity index is 1340. The van der Waals surface area contributed by atoms with Gasteiger partial charge >= 0.3 is 0 Å². The topological polar surface area (TPSA) is 104 Å². The molecule has 0 saturated carbocycles. The Morgan fingerprint density at radius 3 is 2.44 bits per heavy atom. The fraction of sp³-hybridized carbons (Fsp3) is 0.120. The molecule has 0 unspecified atom stereocenters. The van der Waals surface area contributed by atoms with Gasteiger partial charge in [-0.05, 0) is 48.0 Å². The van der Waals surface area contributed by atoms with Crippen molar-refractivity contribution in [2.75, 3.05) is 11.4 Å². The van der Waals surface area contributed by atoms with Crippen LogP contribution in [-0.2, 0) is 23.1 Å². The van der Waals surface area contributed by atoms with Crippen LogP contribution in [0.15, 0.2) is 96.2 Å². The van der Waals surface area contributed by atoms with E-state index in [1.54, 1.807) is 55.9 Å². The van der Waals surface area contributed by atoms with Crippen molar-refractivity contribution in [1.82, 2.24) is 15.5 Å². The second kappa shape index (κ2) is 10.2. The molecule has 3 aromatic carbocycles. The van der Waals surface area contributed by atoms with E-state index in [1.165, 1.54) is 16.4 Å². The molecule has 0 bridgehead atoms. The fourth-order valence-corrected chi connectivity index (χ4v) is 4.90. The van der Waals surface area contributed by atoms with Crippen molar-refractivity contribution in [3.63, 3.8) is 0 Å². The van der Waals surface area contributed by atoms with Crippen molar-refractivity contribution in [2.24, 2.45) is 0 Å². The highest BCUT2D eigenvalue weighted by Crippen LogP contribution is 2.28. The number of hydrogen-bond acceptors (Lipinski definition) is 5. The normalized spacial score (nSPS) is 11.1. The number of aromatic amines is 1. The monoisotopic (exact) mass is 476 g/mol. The molecule has 1 heterocycles. The molecule has 1 aromatic heterocycles. The van der Waals surface area contributed by atoms with Crippen LogP contribution in [0, 0.1) is 0 Å². The molecule has 0 aliphatic carbocycles. The predicted octanol–water partition coefficient (Wildman–Crippen LogP) is 3.74. The third-order valence-electron chi connectivity index (χ3n) is 5.22. The first-order chi connectivity index (χ1) is 16.5. The summed E-state index contributed by atoms with van der Waals surface area (Å²) < 4.78 is 34.1. The number of methoxy groups -OCH3 is 1. The lowest BCUT2D eigenvalue weighted by molar-refractivity contribution is 0.0950. The number of carbonyl (C=O) groups is 1. The zero-order valence-electron chi connectivity index (χ0n) is 18.5. The van der Waals surface area contributed by atoms with Crippen LogP contribution in [0.5, 0.6) is 5.75 Å². The first kappa shape index (κ1) is 23.1. The van der Waals surface area contributed by atoms with Gasteiger partial charge in [0.25, 0.3) is 15.9 Å². The van der Waals surface area contributed by atoms with Gasteiger partial charge in [0, 0.05) is 23.9 Å². The predicted molar refractivity (Wildman–Crippen MR) is 129 cm³/mol. The van der Waals surface area contributed by atoms with Gasteiger partial charge in [0.1, 0.15) is 5.75 Å². The summed E-state index contributed by atoms with van der Waals surface area (Å²) in [5.41, 5.74) is 2.37. The van der Waals surface area contributed by atoms with Crippen LogP contribution in [0.25, 0.3) is 0 Å². The van der Waals surface area contributed by atoms with Gasteiger partial charge in [0.15, 0.2) is 0 Å². The summed E-state index contributed by atoms with van der Waals surface area (Å²) in [5, 5.41) is 9.30. The Morgan fingerprint density at radius 1 is 1.00 bits per heavy atom. The average Bonchev–Trinajstić information content (AvgIpc) is 3.40. The standard InChI is InChI=1S/C25H24N4O4S/c1-33-23-12-10-22(11-13-23)29(18-19-6-3-2-4-7-19)34(31,32)24-9-5-8-21(14-24)25(30)26-15-20-16-27-28-17-20/h2-14,16-17H,15,18H2,1H3,(H,26,30)(H,27,28). The van der Waals surface area contributed by atoms with E-state index in [0.717, 1.165) is 11.1 Å². The maximum Gasteiger partial charge on any atom is 0.264 e. The van der Waals surface area contributed by atoms with Crippen molar-refractivity contribution in [1.29, 1.82) is 0 Å². The number of ether oxygens (including phenoxy) is 1. The van der Waals surface area contributed by atoms with E-state index in [1.807, 2.05) is 30.3 Å². The number of sulfonamides is 1. The highest BCUT2D eigenvalue weighted by atomic mass is 32.2. The number of anilines is 1. The second-order valence-electron chi connectivity index (χ2n) is 7.51. The third kappa shape index (κ3) is 5.26. The van der Waals surface area contributed by atoms with Gasteiger partial charge in [0.2, 0.25) is 0 Å². The molecular weight excluding hydrogens is 452 g/mol. The molecule has 34 heavy (non-hydrogen) atoms. The van der Waals surface area contributed by atoms with Gasteiger partial charge < -0.3 is 10.1 Å². The minimum absolute atomic E-state index is 0.0233. The average molecular weight is 477 g/mol. The summed E-state index contributed by atoms with van der Waals surface area (Å²) in [6.45, 7) is 0.407. The third-order valence-corrected chi connectivity index (χ3v) is 6.99. The lowest BCUT2D eigenvalue weighted by Gasteiger charge is -2.25. The zero-order valence-corrected chi connectivity index (χ0v) is 19.3. The lowest BCUT2D eigenvalue weighted by Crippen LogP contribution is -2.31. The zero-order chi connectivity index (χ0) is 24.0. The number of H-pyrrole nitrogens is 1. The van der Waals surface area contributed by atoms with Crippen molar-refractivity contribution >= 4 is 21.6 Å². The highest BCUT2D eigenvalue weighted by molar-refractivity contribution is 7.92. The van der Waals surface area contributed by atoms with E-state index in [0.29, 0.717) is 11.4 Å². The number of aromatic nitrogens is 2. The Hall–Kier alpha value is -4.11. The molecule has 9 heteroatoms. The molecule has 0 fully saturated rings. The van der Waals surface area contributed by atoms with Crippen molar-refractivity contribution in [3.8, 4) is 5.75 Å². The molecule has 0 aliphatic heterocycles. The SMILES string of the molecule is COc1ccc(N(Cc2ccccc2)S(=O)(=O)c2cccc(C(=O)NCc3cn[nH]c3)c2)cc1. The Kier molecular flexibility index (Phi) is 6.93. The fourth-order valence-electron chi connectivity index (χ4n) is 3.40. The minimum Gasteiger partial charge on any atom is -0.497 e. The van der Waals surface area contributed by atoms with Crippen LogP contribution in [0.1, 0.15) is 21.5 Å². The highest BCUT2D eigenvalue weighted by Gasteiger charge is 2.26. The molecule has 4 rings (SSSR count). The molecule has 2 N–H and O–H groups in total. The number of hydrogen-bond donors (Lipinski definition) is 2. The van der Waals surface area contributed by atoms with E-state index in [4.69, 9.17) is 4.74 Å². The van der Waals surface area contributed by atoms with Crippen molar-refractivity contribution in [2.45, 2.75) is 18.0 Å². The summed E-state index contributed by atoms with van der Waals surface area (Å²) >= 11 is 0. The van der Waals surface area contributed by atoms with Crippen LogP contribution < -0.4 is 14.4 Å². The van der Waals surface area contributed by atoms with Crippen molar-refractivity contribution < 1.29 is 17.9 Å². The van der Waals surface area contributed by atoms with Gasteiger partial charge in [0.05, 0.1) is 30.4 Å². The van der Waals surface area contributed by atoms with Crippen LogP contribution in [-0.4, -0.2) is 31.6 Å². The number of nitrogens with zero attached hydrogens (tertiary/aromatic N) is 2. The smallest absolute Gasteiger partial charge is 0.264 e. The van der Waals surface area contributed by atoms with Crippen LogP contribution in [0.2, 0.25) is 0 Å². The molecule has 4 aromatic rings. The summed E-state index contributed by atoms with van der Waals surface area (Å²) in [6, 6.07) is 22.2. The van der Waals surface area contributed by atoms with Crippen molar-refractivity contribution in [3.05, 3.63) is 108 Å². The molecule has 0 spiro atoms.